The minimum atomic E-state index is 0.884. The Labute approximate surface area is 122 Å². The van der Waals surface area contributed by atoms with Crippen molar-refractivity contribution in [2.24, 2.45) is 0 Å². The van der Waals surface area contributed by atoms with Gasteiger partial charge in [-0.3, -0.25) is 0 Å². The van der Waals surface area contributed by atoms with Crippen LogP contribution >= 0.6 is 49.9 Å². The van der Waals surface area contributed by atoms with Crippen molar-refractivity contribution in [2.45, 2.75) is 13.5 Å². The quantitative estimate of drug-likeness (QED) is 0.703. The molecule has 1 nitrogen and oxygen atoms in total. The Morgan fingerprint density at radius 2 is 2.19 bits per heavy atom. The molecule has 1 heterocycles. The van der Waals surface area contributed by atoms with Crippen LogP contribution in [0.25, 0.3) is 0 Å². The normalized spacial score (nSPS) is 10.4. The van der Waals surface area contributed by atoms with Gasteiger partial charge >= 0.3 is 0 Å². The topological polar surface area (TPSA) is 12.0 Å². The van der Waals surface area contributed by atoms with E-state index in [0.717, 1.165) is 11.0 Å². The molecule has 0 bridgehead atoms. The molecule has 0 aliphatic heterocycles. The summed E-state index contributed by atoms with van der Waals surface area (Å²) < 4.78 is 2.46. The predicted molar refractivity (Wildman–Crippen MR) is 83.2 cm³/mol. The second kappa shape index (κ2) is 5.51. The molecule has 84 valence electrons. The van der Waals surface area contributed by atoms with E-state index < -0.39 is 0 Å². The van der Waals surface area contributed by atoms with E-state index >= 15 is 0 Å². The molecular weight excluding hydrogens is 397 g/mol. The first-order chi connectivity index (χ1) is 7.65. The van der Waals surface area contributed by atoms with Crippen LogP contribution in [0.1, 0.15) is 10.4 Å². The Hall–Kier alpha value is -0.0700. The van der Waals surface area contributed by atoms with Gasteiger partial charge in [-0.2, -0.15) is 0 Å². The molecule has 1 N–H and O–H groups in total. The van der Waals surface area contributed by atoms with Gasteiger partial charge in [-0.05, 0) is 69.2 Å². The SMILES string of the molecule is Cc1ccc(NCc2cc(Br)cs2)cc1I. The van der Waals surface area contributed by atoms with Gasteiger partial charge in [-0.1, -0.05) is 6.07 Å². The molecule has 0 aliphatic rings. The minimum Gasteiger partial charge on any atom is -0.380 e. The van der Waals surface area contributed by atoms with Crippen LogP contribution in [0.2, 0.25) is 0 Å². The summed E-state index contributed by atoms with van der Waals surface area (Å²) in [5, 5.41) is 5.53. The van der Waals surface area contributed by atoms with E-state index in [1.54, 1.807) is 11.3 Å². The summed E-state index contributed by atoms with van der Waals surface area (Å²) in [7, 11) is 0. The number of benzene rings is 1. The maximum absolute atomic E-state index is 3.46. The molecule has 1 aromatic heterocycles. The highest BCUT2D eigenvalue weighted by molar-refractivity contribution is 14.1. The number of halogens is 2. The number of hydrogen-bond acceptors (Lipinski definition) is 2. The average Bonchev–Trinajstić information content (AvgIpc) is 2.66. The number of thiophene rings is 1. The van der Waals surface area contributed by atoms with Crippen molar-refractivity contribution < 1.29 is 0 Å². The Balaban J connectivity index is 2.02. The van der Waals surface area contributed by atoms with E-state index in [0.29, 0.717) is 0 Å². The lowest BCUT2D eigenvalue weighted by atomic mass is 10.2. The third kappa shape index (κ3) is 3.21. The van der Waals surface area contributed by atoms with Gasteiger partial charge in [0.15, 0.2) is 0 Å². The lowest BCUT2D eigenvalue weighted by molar-refractivity contribution is 1.19. The Morgan fingerprint density at radius 3 is 2.81 bits per heavy atom. The molecule has 0 atom stereocenters. The molecule has 0 spiro atoms. The van der Waals surface area contributed by atoms with E-state index in [1.807, 2.05) is 0 Å². The Morgan fingerprint density at radius 1 is 1.38 bits per heavy atom. The monoisotopic (exact) mass is 407 g/mol. The molecule has 0 radical (unpaired) electrons. The van der Waals surface area contributed by atoms with Gasteiger partial charge in [0, 0.05) is 30.5 Å². The van der Waals surface area contributed by atoms with Gasteiger partial charge < -0.3 is 5.32 Å². The van der Waals surface area contributed by atoms with Gasteiger partial charge in [-0.15, -0.1) is 11.3 Å². The molecule has 0 saturated carbocycles. The van der Waals surface area contributed by atoms with Crippen LogP contribution in [-0.2, 0) is 6.54 Å². The van der Waals surface area contributed by atoms with Gasteiger partial charge in [-0.25, -0.2) is 0 Å². The fourth-order valence-electron chi connectivity index (χ4n) is 1.34. The number of anilines is 1. The molecular formula is C12H11BrINS. The number of rotatable bonds is 3. The van der Waals surface area contributed by atoms with Gasteiger partial charge in [0.1, 0.15) is 0 Å². The average molecular weight is 408 g/mol. The molecule has 16 heavy (non-hydrogen) atoms. The molecule has 4 heteroatoms. The van der Waals surface area contributed by atoms with Crippen molar-refractivity contribution in [1.82, 2.24) is 0 Å². The fraction of sp³-hybridized carbons (Fsp3) is 0.167. The van der Waals surface area contributed by atoms with Crippen LogP contribution in [0.3, 0.4) is 0 Å². The van der Waals surface area contributed by atoms with Crippen LogP contribution in [0.5, 0.6) is 0 Å². The molecule has 0 aliphatic carbocycles. The summed E-state index contributed by atoms with van der Waals surface area (Å²) in [6, 6.07) is 8.60. The highest BCUT2D eigenvalue weighted by Gasteiger charge is 1.99. The third-order valence-corrected chi connectivity index (χ3v) is 5.12. The maximum atomic E-state index is 3.46. The summed E-state index contributed by atoms with van der Waals surface area (Å²) in [6.07, 6.45) is 0. The molecule has 0 unspecified atom stereocenters. The first-order valence-corrected chi connectivity index (χ1v) is 7.63. The largest absolute Gasteiger partial charge is 0.380 e. The molecule has 0 saturated heterocycles. The molecule has 2 aromatic rings. The highest BCUT2D eigenvalue weighted by atomic mass is 127. The van der Waals surface area contributed by atoms with Crippen LogP contribution in [0, 0.1) is 10.5 Å². The zero-order chi connectivity index (χ0) is 11.5. The molecule has 2 rings (SSSR count). The van der Waals surface area contributed by atoms with Gasteiger partial charge in [0.05, 0.1) is 0 Å². The maximum Gasteiger partial charge on any atom is 0.0494 e. The first kappa shape index (κ1) is 12.4. The van der Waals surface area contributed by atoms with Crippen molar-refractivity contribution in [1.29, 1.82) is 0 Å². The lowest BCUT2D eigenvalue weighted by Gasteiger charge is -2.06. The highest BCUT2D eigenvalue weighted by Crippen LogP contribution is 2.22. The summed E-state index contributed by atoms with van der Waals surface area (Å²) >= 11 is 7.59. The lowest BCUT2D eigenvalue weighted by Crippen LogP contribution is -1.97. The summed E-state index contributed by atoms with van der Waals surface area (Å²) in [4.78, 5) is 1.34. The molecule has 1 aromatic carbocycles. The van der Waals surface area contributed by atoms with E-state index in [4.69, 9.17) is 0 Å². The van der Waals surface area contributed by atoms with Crippen molar-refractivity contribution in [3.63, 3.8) is 0 Å². The second-order valence-electron chi connectivity index (χ2n) is 3.55. The van der Waals surface area contributed by atoms with Gasteiger partial charge in [0.25, 0.3) is 0 Å². The van der Waals surface area contributed by atoms with Crippen molar-refractivity contribution >= 4 is 55.5 Å². The van der Waals surface area contributed by atoms with Gasteiger partial charge in [0.2, 0.25) is 0 Å². The number of aryl methyl sites for hydroxylation is 1. The number of nitrogens with one attached hydrogen (secondary N) is 1. The predicted octanol–water partition coefficient (Wildman–Crippen LogP) is 5.04. The number of hydrogen-bond donors (Lipinski definition) is 1. The van der Waals surface area contributed by atoms with Crippen LogP contribution in [0.4, 0.5) is 5.69 Å². The first-order valence-electron chi connectivity index (χ1n) is 4.88. The second-order valence-corrected chi connectivity index (χ2v) is 6.62. The molecule has 0 fully saturated rings. The standard InChI is InChI=1S/C12H11BrINS/c1-8-2-3-10(5-12(8)14)15-6-11-4-9(13)7-16-11/h2-5,7,15H,6H2,1H3. The Kier molecular flexibility index (Phi) is 4.27. The van der Waals surface area contributed by atoms with Crippen molar-refractivity contribution in [3.8, 4) is 0 Å². The van der Waals surface area contributed by atoms with Crippen molar-refractivity contribution in [3.05, 3.63) is 48.1 Å². The summed E-state index contributed by atoms with van der Waals surface area (Å²) in [5.41, 5.74) is 2.50. The third-order valence-electron chi connectivity index (χ3n) is 2.26. The van der Waals surface area contributed by atoms with Crippen LogP contribution in [0.15, 0.2) is 34.1 Å². The van der Waals surface area contributed by atoms with Crippen LogP contribution in [-0.4, -0.2) is 0 Å². The zero-order valence-corrected chi connectivity index (χ0v) is 13.3. The van der Waals surface area contributed by atoms with E-state index in [-0.39, 0.29) is 0 Å². The summed E-state index contributed by atoms with van der Waals surface area (Å²) in [5.74, 6) is 0. The summed E-state index contributed by atoms with van der Waals surface area (Å²) in [6.45, 7) is 3.01. The Bertz CT molecular complexity index is 496. The smallest absolute Gasteiger partial charge is 0.0494 e. The van der Waals surface area contributed by atoms with E-state index in [1.165, 1.54) is 19.7 Å². The molecule has 0 amide bonds. The zero-order valence-electron chi connectivity index (χ0n) is 8.76. The van der Waals surface area contributed by atoms with Crippen molar-refractivity contribution in [2.75, 3.05) is 5.32 Å². The fourth-order valence-corrected chi connectivity index (χ4v) is 3.24. The van der Waals surface area contributed by atoms with Crippen LogP contribution < -0.4 is 5.32 Å². The van der Waals surface area contributed by atoms with E-state index in [9.17, 15) is 0 Å². The van der Waals surface area contributed by atoms with E-state index in [2.05, 4.69) is 80.4 Å². The minimum absolute atomic E-state index is 0.884.